The smallest absolute Gasteiger partial charge is 0.255 e. The lowest BCUT2D eigenvalue weighted by molar-refractivity contribution is 0.0748. The largest absolute Gasteiger partial charge is 0.393 e. The summed E-state index contributed by atoms with van der Waals surface area (Å²) in [6.07, 6.45) is 0.501. The van der Waals surface area contributed by atoms with E-state index in [4.69, 9.17) is 29.6 Å². The summed E-state index contributed by atoms with van der Waals surface area (Å²) in [5, 5.41) is 0.497. The van der Waals surface area contributed by atoms with E-state index in [1.54, 1.807) is 18.0 Å². The lowest BCUT2D eigenvalue weighted by atomic mass is 10.1. The van der Waals surface area contributed by atoms with Crippen molar-refractivity contribution in [1.29, 1.82) is 0 Å². The van der Waals surface area contributed by atoms with Gasteiger partial charge in [-0.2, -0.15) is 0 Å². The van der Waals surface area contributed by atoms with Crippen molar-refractivity contribution in [2.24, 2.45) is 5.73 Å². The summed E-state index contributed by atoms with van der Waals surface area (Å²) in [5.41, 5.74) is 6.89. The highest BCUT2D eigenvalue weighted by atomic mass is 35.5. The molecule has 1 unspecified atom stereocenters. The quantitative estimate of drug-likeness (QED) is 0.865. The van der Waals surface area contributed by atoms with Gasteiger partial charge < -0.3 is 10.6 Å². The number of carbonyl (C=O) groups excluding carboxylic acids is 1. The van der Waals surface area contributed by atoms with Gasteiger partial charge in [-0.15, -0.1) is 0 Å². The standard InChI is InChI=1S/C13H17ClN2OS/c1-8-5-4-6-10(12(8)14)13(17)16(3)9(2)7-11(15)18/h4-6,9H,7H2,1-3H3,(H2,15,18). The average molecular weight is 285 g/mol. The first kappa shape index (κ1) is 14.9. The summed E-state index contributed by atoms with van der Waals surface area (Å²) in [6, 6.07) is 5.37. The maximum atomic E-state index is 12.3. The van der Waals surface area contributed by atoms with E-state index >= 15 is 0 Å². The Morgan fingerprint density at radius 3 is 2.72 bits per heavy atom. The van der Waals surface area contributed by atoms with Crippen LogP contribution in [0.1, 0.15) is 29.3 Å². The second kappa shape index (κ2) is 6.16. The number of thiocarbonyl (C=S) groups is 1. The van der Waals surface area contributed by atoms with Gasteiger partial charge in [-0.25, -0.2) is 0 Å². The van der Waals surface area contributed by atoms with E-state index in [9.17, 15) is 4.79 Å². The fourth-order valence-electron chi connectivity index (χ4n) is 1.63. The molecule has 0 spiro atoms. The van der Waals surface area contributed by atoms with Crippen LogP contribution in [0.3, 0.4) is 0 Å². The maximum absolute atomic E-state index is 12.3. The molecule has 2 N–H and O–H groups in total. The van der Waals surface area contributed by atoms with Crippen LogP contribution in [0.2, 0.25) is 5.02 Å². The van der Waals surface area contributed by atoms with Crippen LogP contribution in [0.15, 0.2) is 18.2 Å². The molecule has 3 nitrogen and oxygen atoms in total. The molecular weight excluding hydrogens is 268 g/mol. The lowest BCUT2D eigenvalue weighted by Crippen LogP contribution is -2.37. The van der Waals surface area contributed by atoms with E-state index in [1.165, 1.54) is 0 Å². The fraction of sp³-hybridized carbons (Fsp3) is 0.385. The number of carbonyl (C=O) groups is 1. The molecule has 0 aliphatic carbocycles. The minimum atomic E-state index is -0.118. The van der Waals surface area contributed by atoms with E-state index in [0.29, 0.717) is 22.0 Å². The van der Waals surface area contributed by atoms with Crippen molar-refractivity contribution in [2.45, 2.75) is 26.3 Å². The Balaban J connectivity index is 2.93. The molecule has 0 saturated carbocycles. The number of benzene rings is 1. The first-order valence-corrected chi connectivity index (χ1v) is 6.43. The second-order valence-electron chi connectivity index (χ2n) is 4.37. The SMILES string of the molecule is Cc1cccc(C(=O)N(C)C(C)CC(N)=S)c1Cl. The number of hydrogen-bond acceptors (Lipinski definition) is 2. The molecule has 1 atom stereocenters. The van der Waals surface area contributed by atoms with Gasteiger partial charge in [0.15, 0.2) is 0 Å². The third-order valence-electron chi connectivity index (χ3n) is 2.90. The highest BCUT2D eigenvalue weighted by Gasteiger charge is 2.20. The highest BCUT2D eigenvalue weighted by Crippen LogP contribution is 2.22. The minimum Gasteiger partial charge on any atom is -0.393 e. The Labute approximate surface area is 118 Å². The topological polar surface area (TPSA) is 46.3 Å². The van der Waals surface area contributed by atoms with Crippen molar-refractivity contribution >= 4 is 34.7 Å². The Morgan fingerprint density at radius 1 is 1.56 bits per heavy atom. The van der Waals surface area contributed by atoms with Gasteiger partial charge in [0, 0.05) is 19.5 Å². The molecule has 0 aromatic heterocycles. The van der Waals surface area contributed by atoms with Crippen molar-refractivity contribution in [2.75, 3.05) is 7.05 Å². The molecule has 1 amide bonds. The number of hydrogen-bond donors (Lipinski definition) is 1. The van der Waals surface area contributed by atoms with Crippen LogP contribution in [0.5, 0.6) is 0 Å². The molecule has 0 saturated heterocycles. The van der Waals surface area contributed by atoms with Crippen LogP contribution >= 0.6 is 23.8 Å². The molecule has 5 heteroatoms. The predicted octanol–water partition coefficient (Wildman–Crippen LogP) is 2.79. The average Bonchev–Trinajstić information content (AvgIpc) is 2.30. The zero-order valence-electron chi connectivity index (χ0n) is 10.7. The van der Waals surface area contributed by atoms with E-state index < -0.39 is 0 Å². The summed E-state index contributed by atoms with van der Waals surface area (Å²) in [4.78, 5) is 14.3. The van der Waals surface area contributed by atoms with Crippen LogP contribution < -0.4 is 5.73 Å². The van der Waals surface area contributed by atoms with Crippen LogP contribution in [0.25, 0.3) is 0 Å². The second-order valence-corrected chi connectivity index (χ2v) is 5.27. The fourth-order valence-corrected chi connectivity index (χ4v) is 2.08. The molecule has 0 aliphatic rings. The van der Waals surface area contributed by atoms with E-state index in [-0.39, 0.29) is 11.9 Å². The van der Waals surface area contributed by atoms with Crippen molar-refractivity contribution in [3.63, 3.8) is 0 Å². The molecular formula is C13H17ClN2OS. The molecule has 0 fully saturated rings. The zero-order chi connectivity index (χ0) is 13.9. The first-order valence-electron chi connectivity index (χ1n) is 5.65. The van der Waals surface area contributed by atoms with Crippen molar-refractivity contribution in [3.05, 3.63) is 34.3 Å². The van der Waals surface area contributed by atoms with Gasteiger partial charge in [0.2, 0.25) is 0 Å². The van der Waals surface area contributed by atoms with Gasteiger partial charge in [0.05, 0.1) is 15.6 Å². The highest BCUT2D eigenvalue weighted by molar-refractivity contribution is 7.80. The van der Waals surface area contributed by atoms with Gasteiger partial charge in [-0.1, -0.05) is 36.0 Å². The molecule has 0 radical (unpaired) electrons. The van der Waals surface area contributed by atoms with Gasteiger partial charge in [0.1, 0.15) is 0 Å². The van der Waals surface area contributed by atoms with Crippen LogP contribution in [0.4, 0.5) is 0 Å². The zero-order valence-corrected chi connectivity index (χ0v) is 12.3. The van der Waals surface area contributed by atoms with Gasteiger partial charge in [0.25, 0.3) is 5.91 Å². The number of rotatable bonds is 4. The maximum Gasteiger partial charge on any atom is 0.255 e. The third-order valence-corrected chi connectivity index (χ3v) is 3.57. The molecule has 1 aromatic carbocycles. The monoisotopic (exact) mass is 284 g/mol. The number of aryl methyl sites for hydroxylation is 1. The van der Waals surface area contributed by atoms with Gasteiger partial charge >= 0.3 is 0 Å². The molecule has 0 heterocycles. The van der Waals surface area contributed by atoms with E-state index in [2.05, 4.69) is 0 Å². The Hall–Kier alpha value is -1.13. The molecule has 18 heavy (non-hydrogen) atoms. The first-order chi connectivity index (χ1) is 8.34. The molecule has 98 valence electrons. The molecule has 0 aliphatic heterocycles. The Morgan fingerprint density at radius 2 is 2.17 bits per heavy atom. The van der Waals surface area contributed by atoms with E-state index in [0.717, 1.165) is 5.56 Å². The molecule has 1 rings (SSSR count). The Bertz CT molecular complexity index is 476. The predicted molar refractivity (Wildman–Crippen MR) is 79.1 cm³/mol. The molecule has 1 aromatic rings. The minimum absolute atomic E-state index is 0.0495. The van der Waals surface area contributed by atoms with Gasteiger partial charge in [-0.3, -0.25) is 4.79 Å². The summed E-state index contributed by atoms with van der Waals surface area (Å²) in [5.74, 6) is -0.118. The van der Waals surface area contributed by atoms with Crippen molar-refractivity contribution in [1.82, 2.24) is 4.90 Å². The summed E-state index contributed by atoms with van der Waals surface area (Å²) in [6.45, 7) is 3.78. The summed E-state index contributed by atoms with van der Waals surface area (Å²) in [7, 11) is 1.73. The van der Waals surface area contributed by atoms with Crippen LogP contribution in [0, 0.1) is 6.92 Å². The van der Waals surface area contributed by atoms with Crippen molar-refractivity contribution < 1.29 is 4.79 Å². The number of amides is 1. The van der Waals surface area contributed by atoms with Crippen LogP contribution in [-0.4, -0.2) is 28.9 Å². The van der Waals surface area contributed by atoms with Crippen LogP contribution in [-0.2, 0) is 0 Å². The van der Waals surface area contributed by atoms with Crippen molar-refractivity contribution in [3.8, 4) is 0 Å². The summed E-state index contributed by atoms with van der Waals surface area (Å²) >= 11 is 11.0. The summed E-state index contributed by atoms with van der Waals surface area (Å²) < 4.78 is 0. The number of nitrogens with zero attached hydrogens (tertiary/aromatic N) is 1. The Kier molecular flexibility index (Phi) is 5.11. The number of halogens is 1. The normalized spacial score (nSPS) is 12.0. The van der Waals surface area contributed by atoms with Gasteiger partial charge in [-0.05, 0) is 25.5 Å². The lowest BCUT2D eigenvalue weighted by Gasteiger charge is -2.25. The molecule has 0 bridgehead atoms. The van der Waals surface area contributed by atoms with E-state index in [1.807, 2.05) is 26.0 Å². The third kappa shape index (κ3) is 3.43. The number of nitrogens with two attached hydrogens (primary N) is 1.